The van der Waals surface area contributed by atoms with Gasteiger partial charge in [0.1, 0.15) is 0 Å². The molecule has 2 aromatic rings. The zero-order chi connectivity index (χ0) is 22.4. The smallest absolute Gasteiger partial charge is 0.422 e. The van der Waals surface area contributed by atoms with Crippen molar-refractivity contribution < 1.29 is 27.5 Å². The molecule has 31 heavy (non-hydrogen) atoms. The van der Waals surface area contributed by atoms with Crippen molar-refractivity contribution in [1.82, 2.24) is 10.2 Å². The summed E-state index contributed by atoms with van der Waals surface area (Å²) in [6.07, 6.45) is -3.75. The maximum atomic E-state index is 12.6. The lowest BCUT2D eigenvalue weighted by atomic mass is 10.1. The van der Waals surface area contributed by atoms with Gasteiger partial charge in [0.15, 0.2) is 11.7 Å². The molecule has 0 saturated carbocycles. The summed E-state index contributed by atoms with van der Waals surface area (Å²) in [5.41, 5.74) is 0.726. The normalized spacial score (nSPS) is 17.9. The molecule has 0 unspecified atom stereocenters. The molecule has 168 valence electrons. The average molecular weight is 456 g/mol. The van der Waals surface area contributed by atoms with Crippen LogP contribution in [0.5, 0.6) is 5.06 Å². The molecule has 1 aliphatic rings. The molecule has 2 amide bonds. The molecule has 0 aliphatic carbocycles. The summed E-state index contributed by atoms with van der Waals surface area (Å²) in [5, 5.41) is 5.89. The first-order valence-electron chi connectivity index (χ1n) is 9.86. The molecule has 1 aliphatic heterocycles. The number of carbonyl (C=O) groups excluding carboxylic acids is 2. The van der Waals surface area contributed by atoms with E-state index < -0.39 is 12.8 Å². The second kappa shape index (κ2) is 10.1. The molecule has 2 heterocycles. The molecule has 1 fully saturated rings. The number of likely N-dealkylation sites (tertiary alicyclic amines) is 1. The summed E-state index contributed by atoms with van der Waals surface area (Å²) in [4.78, 5) is 27.4. The minimum atomic E-state index is -4.39. The molecule has 0 spiro atoms. The molecule has 1 saturated heterocycles. The Balaban J connectivity index is 1.43. The van der Waals surface area contributed by atoms with Crippen molar-refractivity contribution in [1.29, 1.82) is 0 Å². The van der Waals surface area contributed by atoms with Crippen LogP contribution in [-0.2, 0) is 9.59 Å². The van der Waals surface area contributed by atoms with Gasteiger partial charge in [-0.3, -0.25) is 14.5 Å². The van der Waals surface area contributed by atoms with Crippen LogP contribution in [0.3, 0.4) is 0 Å². The van der Waals surface area contributed by atoms with E-state index in [-0.39, 0.29) is 35.4 Å². The minimum absolute atomic E-state index is 0.134. The first kappa shape index (κ1) is 23.1. The summed E-state index contributed by atoms with van der Waals surface area (Å²) in [7, 11) is 0. The summed E-state index contributed by atoms with van der Waals surface area (Å²) < 4.78 is 41.5. The standard InChI is InChI=1S/C21H24F3N3O3S/c1-14(17-7-8-19(31-17)30-13-21(22,23)24)25-20(29)15-9-10-27(11-15)12-18(28)26-16-5-3-2-4-6-16/h2-8,14-15H,9-13H2,1H3,(H,25,29)(H,26,28)/t14-,15-/m1/s1. The maximum Gasteiger partial charge on any atom is 0.422 e. The van der Waals surface area contributed by atoms with Crippen LogP contribution in [0.1, 0.15) is 24.3 Å². The number of carbonyl (C=O) groups is 2. The predicted octanol–water partition coefficient (Wildman–Crippen LogP) is 3.83. The number of rotatable bonds is 8. The molecule has 1 aromatic heterocycles. The molecule has 3 rings (SSSR count). The number of benzene rings is 1. The molecular formula is C21H24F3N3O3S. The van der Waals surface area contributed by atoms with Crippen LogP contribution in [0, 0.1) is 5.92 Å². The van der Waals surface area contributed by atoms with E-state index in [0.717, 1.165) is 17.0 Å². The number of amides is 2. The van der Waals surface area contributed by atoms with E-state index in [2.05, 4.69) is 10.6 Å². The second-order valence-electron chi connectivity index (χ2n) is 7.43. The molecule has 1 aromatic carbocycles. The molecule has 2 atom stereocenters. The van der Waals surface area contributed by atoms with Gasteiger partial charge in [-0.2, -0.15) is 13.2 Å². The van der Waals surface area contributed by atoms with E-state index in [1.165, 1.54) is 6.07 Å². The van der Waals surface area contributed by atoms with Crippen LogP contribution in [0.2, 0.25) is 0 Å². The van der Waals surface area contributed by atoms with Crippen LogP contribution in [0.15, 0.2) is 42.5 Å². The van der Waals surface area contributed by atoms with Gasteiger partial charge in [0, 0.05) is 17.1 Å². The Kier molecular flexibility index (Phi) is 7.55. The Hall–Kier alpha value is -2.59. The highest BCUT2D eigenvalue weighted by atomic mass is 32.1. The highest BCUT2D eigenvalue weighted by Crippen LogP contribution is 2.31. The van der Waals surface area contributed by atoms with Crippen molar-refractivity contribution in [2.24, 2.45) is 5.92 Å². The molecule has 10 heteroatoms. The van der Waals surface area contributed by atoms with E-state index in [0.29, 0.717) is 24.4 Å². The number of nitrogens with one attached hydrogen (secondary N) is 2. The largest absolute Gasteiger partial charge is 0.475 e. The first-order chi connectivity index (χ1) is 14.7. The quantitative estimate of drug-likeness (QED) is 0.635. The van der Waals surface area contributed by atoms with E-state index in [4.69, 9.17) is 4.74 Å². The van der Waals surface area contributed by atoms with E-state index >= 15 is 0 Å². The van der Waals surface area contributed by atoms with Gasteiger partial charge >= 0.3 is 6.18 Å². The number of anilines is 1. The molecule has 6 nitrogen and oxygen atoms in total. The van der Waals surface area contributed by atoms with E-state index in [1.807, 2.05) is 35.2 Å². The van der Waals surface area contributed by atoms with Crippen molar-refractivity contribution in [3.8, 4) is 5.06 Å². The van der Waals surface area contributed by atoms with Gasteiger partial charge in [-0.1, -0.05) is 18.2 Å². The lowest BCUT2D eigenvalue weighted by molar-refractivity contribution is -0.152. The third-order valence-electron chi connectivity index (χ3n) is 4.83. The number of para-hydroxylation sites is 1. The first-order valence-corrected chi connectivity index (χ1v) is 10.7. The fourth-order valence-corrected chi connectivity index (χ4v) is 4.17. The Morgan fingerprint density at radius 2 is 1.97 bits per heavy atom. The van der Waals surface area contributed by atoms with Crippen LogP contribution in [0.25, 0.3) is 0 Å². The van der Waals surface area contributed by atoms with Crippen molar-refractivity contribution in [2.75, 3.05) is 31.6 Å². The third-order valence-corrected chi connectivity index (χ3v) is 6.01. The Bertz CT molecular complexity index is 889. The van der Waals surface area contributed by atoms with Gasteiger partial charge < -0.3 is 15.4 Å². The summed E-state index contributed by atoms with van der Waals surface area (Å²) in [6, 6.07) is 11.9. The lowest BCUT2D eigenvalue weighted by Gasteiger charge is -2.17. The summed E-state index contributed by atoms with van der Waals surface area (Å²) in [6.45, 7) is 1.76. The zero-order valence-electron chi connectivity index (χ0n) is 16.9. The van der Waals surface area contributed by atoms with Gasteiger partial charge in [-0.25, -0.2) is 0 Å². The zero-order valence-corrected chi connectivity index (χ0v) is 17.8. The molecular weight excluding hydrogens is 431 g/mol. The number of nitrogens with zero attached hydrogens (tertiary/aromatic N) is 1. The number of thiophene rings is 1. The molecule has 0 radical (unpaired) electrons. The van der Waals surface area contributed by atoms with Gasteiger partial charge in [-0.05, 0) is 44.2 Å². The lowest BCUT2D eigenvalue weighted by Crippen LogP contribution is -2.36. The maximum absolute atomic E-state index is 12.6. The van der Waals surface area contributed by atoms with Gasteiger partial charge in [0.25, 0.3) is 0 Å². The Morgan fingerprint density at radius 1 is 1.23 bits per heavy atom. The fraction of sp³-hybridized carbons (Fsp3) is 0.429. The van der Waals surface area contributed by atoms with Crippen molar-refractivity contribution in [3.05, 3.63) is 47.3 Å². The third kappa shape index (κ3) is 7.25. The Morgan fingerprint density at radius 3 is 2.68 bits per heavy atom. The van der Waals surface area contributed by atoms with Crippen molar-refractivity contribution in [3.63, 3.8) is 0 Å². The molecule has 2 N–H and O–H groups in total. The number of halogens is 3. The van der Waals surface area contributed by atoms with Crippen LogP contribution in [-0.4, -0.2) is 49.1 Å². The number of hydrogen-bond donors (Lipinski definition) is 2. The van der Waals surface area contributed by atoms with Gasteiger partial charge in [-0.15, -0.1) is 11.3 Å². The Labute approximate surface area is 182 Å². The molecule has 0 bridgehead atoms. The summed E-state index contributed by atoms with van der Waals surface area (Å²) >= 11 is 1.08. The van der Waals surface area contributed by atoms with Gasteiger partial charge in [0.05, 0.1) is 18.5 Å². The number of alkyl halides is 3. The fourth-order valence-electron chi connectivity index (χ4n) is 3.32. The highest BCUT2D eigenvalue weighted by molar-refractivity contribution is 7.13. The summed E-state index contributed by atoms with van der Waals surface area (Å²) in [5.74, 6) is -0.511. The number of hydrogen-bond acceptors (Lipinski definition) is 5. The van der Waals surface area contributed by atoms with Crippen LogP contribution >= 0.6 is 11.3 Å². The minimum Gasteiger partial charge on any atom is -0.475 e. The second-order valence-corrected chi connectivity index (χ2v) is 8.50. The average Bonchev–Trinajstić information content (AvgIpc) is 3.36. The van der Waals surface area contributed by atoms with Crippen molar-refractivity contribution >= 4 is 28.8 Å². The SMILES string of the molecule is C[C@@H](NC(=O)[C@@H]1CCN(CC(=O)Nc2ccccc2)C1)c1ccc(OCC(F)(F)F)s1. The number of ether oxygens (including phenoxy) is 1. The predicted molar refractivity (Wildman–Crippen MR) is 112 cm³/mol. The highest BCUT2D eigenvalue weighted by Gasteiger charge is 2.31. The van der Waals surface area contributed by atoms with E-state index in [9.17, 15) is 22.8 Å². The van der Waals surface area contributed by atoms with Crippen LogP contribution in [0.4, 0.5) is 18.9 Å². The monoisotopic (exact) mass is 455 g/mol. The topological polar surface area (TPSA) is 70.7 Å². The van der Waals surface area contributed by atoms with Gasteiger partial charge in [0.2, 0.25) is 11.8 Å². The van der Waals surface area contributed by atoms with Crippen molar-refractivity contribution in [2.45, 2.75) is 25.6 Å². The van der Waals surface area contributed by atoms with E-state index in [1.54, 1.807) is 13.0 Å². The van der Waals surface area contributed by atoms with Crippen LogP contribution < -0.4 is 15.4 Å².